The van der Waals surface area contributed by atoms with Gasteiger partial charge in [-0.3, -0.25) is 0 Å². The number of alkyl halides is 3. The summed E-state index contributed by atoms with van der Waals surface area (Å²) in [5.74, 6) is -0.323. The predicted octanol–water partition coefficient (Wildman–Crippen LogP) is 6.56. The molecule has 4 aromatic rings. The molecule has 1 fully saturated rings. The quantitative estimate of drug-likeness (QED) is 0.240. The molecule has 5 rings (SSSR count). The molecule has 0 saturated carbocycles. The molecule has 204 valence electrons. The molecule has 8 nitrogen and oxygen atoms in total. The van der Waals surface area contributed by atoms with Crippen molar-refractivity contribution in [3.8, 4) is 11.5 Å². The number of aromatic amines is 1. The number of piperazine rings is 1. The first-order chi connectivity index (χ1) is 18.6. The molecule has 0 bridgehead atoms. The molecule has 1 saturated heterocycles. The second-order valence-corrected chi connectivity index (χ2v) is 9.42. The van der Waals surface area contributed by atoms with Gasteiger partial charge in [0.1, 0.15) is 23.0 Å². The first-order valence-electron chi connectivity index (χ1n) is 11.9. The summed E-state index contributed by atoms with van der Waals surface area (Å²) >= 11 is 6.17. The third kappa shape index (κ3) is 5.86. The van der Waals surface area contributed by atoms with Crippen LogP contribution in [0.5, 0.6) is 11.5 Å². The van der Waals surface area contributed by atoms with Crippen LogP contribution in [0.3, 0.4) is 0 Å². The number of ether oxygens (including phenoxy) is 1. The maximum atomic E-state index is 14.8. The van der Waals surface area contributed by atoms with Gasteiger partial charge in [0.15, 0.2) is 0 Å². The third-order valence-electron chi connectivity index (χ3n) is 6.31. The third-order valence-corrected chi connectivity index (χ3v) is 6.61. The van der Waals surface area contributed by atoms with Gasteiger partial charge in [-0.25, -0.2) is 14.2 Å². The van der Waals surface area contributed by atoms with Crippen LogP contribution in [0.4, 0.5) is 39.4 Å². The van der Waals surface area contributed by atoms with Crippen LogP contribution in [0.2, 0.25) is 5.02 Å². The average Bonchev–Trinajstić information content (AvgIpc) is 3.27. The lowest BCUT2D eigenvalue weighted by molar-refractivity contribution is -0.137. The van der Waals surface area contributed by atoms with Gasteiger partial charge in [-0.2, -0.15) is 13.2 Å². The minimum atomic E-state index is -4.63. The Morgan fingerprint density at radius 1 is 1.08 bits per heavy atom. The fraction of sp³-hybridized carbons (Fsp3) is 0.231. The summed E-state index contributed by atoms with van der Waals surface area (Å²) in [7, 11) is 1.91. The van der Waals surface area contributed by atoms with Crippen molar-refractivity contribution in [3.63, 3.8) is 0 Å². The van der Waals surface area contributed by atoms with Crippen molar-refractivity contribution in [2.45, 2.75) is 6.18 Å². The summed E-state index contributed by atoms with van der Waals surface area (Å²) < 4.78 is 62.0. The second-order valence-electron chi connectivity index (χ2n) is 9.01. The first-order valence-corrected chi connectivity index (χ1v) is 12.3. The second kappa shape index (κ2) is 10.6. The monoisotopic (exact) mass is 562 g/mol. The number of nitrogens with one attached hydrogen (secondary N) is 3. The standard InChI is InChI=1S/C26H23ClF4N6O2/c1-36-8-10-37(11-9-36)21-5-2-15(12-17(21)26(29,30)31)34-25(38)35-20-4-3-16(13-19(20)28)39-22-6-7-32-24-23(22)18(27)14-33-24/h2-7,12-14H,8-11H2,1H3,(H,32,33)(H2,34,35,38). The highest BCUT2D eigenvalue weighted by molar-refractivity contribution is 6.36. The Morgan fingerprint density at radius 2 is 1.85 bits per heavy atom. The molecule has 2 aromatic carbocycles. The highest BCUT2D eigenvalue weighted by Crippen LogP contribution is 2.39. The smallest absolute Gasteiger partial charge is 0.418 e. The Morgan fingerprint density at radius 3 is 2.56 bits per heavy atom. The van der Waals surface area contributed by atoms with E-state index < -0.39 is 23.6 Å². The largest absolute Gasteiger partial charge is 0.456 e. The molecule has 3 N–H and O–H groups in total. The van der Waals surface area contributed by atoms with E-state index in [1.54, 1.807) is 17.2 Å². The number of carbonyl (C=O) groups is 1. The number of urea groups is 1. The normalized spacial score (nSPS) is 14.5. The Bertz CT molecular complexity index is 1520. The van der Waals surface area contributed by atoms with Crippen molar-refractivity contribution in [2.75, 3.05) is 48.8 Å². The molecule has 2 amide bonds. The van der Waals surface area contributed by atoms with Crippen molar-refractivity contribution < 1.29 is 27.1 Å². The van der Waals surface area contributed by atoms with Crippen molar-refractivity contribution in [3.05, 3.63) is 71.3 Å². The zero-order chi connectivity index (χ0) is 27.7. The van der Waals surface area contributed by atoms with Gasteiger partial charge in [-0.1, -0.05) is 11.6 Å². The van der Waals surface area contributed by atoms with E-state index in [1.165, 1.54) is 30.5 Å². The van der Waals surface area contributed by atoms with E-state index >= 15 is 0 Å². The number of aromatic nitrogens is 2. The predicted molar refractivity (Wildman–Crippen MR) is 141 cm³/mol. The molecule has 0 spiro atoms. The molecule has 0 atom stereocenters. The van der Waals surface area contributed by atoms with Crippen LogP contribution in [0.1, 0.15) is 5.56 Å². The number of fused-ring (bicyclic) bond motifs is 1. The number of amides is 2. The molecular formula is C26H23ClF4N6O2. The van der Waals surface area contributed by atoms with Crippen LogP contribution in [0.25, 0.3) is 11.0 Å². The average molecular weight is 563 g/mol. The summed E-state index contributed by atoms with van der Waals surface area (Å²) in [6.07, 6.45) is -1.57. The Hall–Kier alpha value is -4.03. The molecule has 0 aliphatic carbocycles. The molecule has 3 heterocycles. The zero-order valence-electron chi connectivity index (χ0n) is 20.6. The van der Waals surface area contributed by atoms with Crippen molar-refractivity contribution >= 4 is 45.7 Å². The number of likely N-dealkylation sites (N-methyl/N-ethyl adjacent to an activating group) is 1. The van der Waals surface area contributed by atoms with Gasteiger partial charge in [-0.15, -0.1) is 0 Å². The highest BCUT2D eigenvalue weighted by atomic mass is 35.5. The van der Waals surface area contributed by atoms with Crippen LogP contribution in [-0.2, 0) is 6.18 Å². The van der Waals surface area contributed by atoms with Gasteiger partial charge in [0, 0.05) is 56.0 Å². The molecule has 0 unspecified atom stereocenters. The number of rotatable bonds is 5. The molecule has 39 heavy (non-hydrogen) atoms. The lowest BCUT2D eigenvalue weighted by Crippen LogP contribution is -2.45. The molecular weight excluding hydrogens is 540 g/mol. The van der Waals surface area contributed by atoms with E-state index in [-0.39, 0.29) is 22.8 Å². The van der Waals surface area contributed by atoms with Crippen LogP contribution in [0, 0.1) is 5.82 Å². The van der Waals surface area contributed by atoms with Gasteiger partial charge in [0.2, 0.25) is 0 Å². The number of H-pyrrole nitrogens is 1. The van der Waals surface area contributed by atoms with Gasteiger partial charge in [0.25, 0.3) is 0 Å². The number of hydrogen-bond donors (Lipinski definition) is 3. The van der Waals surface area contributed by atoms with Gasteiger partial charge < -0.3 is 30.2 Å². The lowest BCUT2D eigenvalue weighted by Gasteiger charge is -2.35. The van der Waals surface area contributed by atoms with E-state index in [0.29, 0.717) is 48.0 Å². The topological polar surface area (TPSA) is 85.5 Å². The minimum Gasteiger partial charge on any atom is -0.456 e. The molecule has 1 aliphatic heterocycles. The Kier molecular flexibility index (Phi) is 7.23. The highest BCUT2D eigenvalue weighted by Gasteiger charge is 2.36. The molecule has 2 aromatic heterocycles. The molecule has 13 heteroatoms. The summed E-state index contributed by atoms with van der Waals surface area (Å²) in [6, 6.07) is 8.04. The maximum Gasteiger partial charge on any atom is 0.418 e. The van der Waals surface area contributed by atoms with Crippen LogP contribution in [-0.4, -0.2) is 54.1 Å². The number of halogens is 5. The molecule has 1 aliphatic rings. The number of nitrogens with zero attached hydrogens (tertiary/aromatic N) is 3. The summed E-state index contributed by atoms with van der Waals surface area (Å²) in [5, 5.41) is 5.57. The van der Waals surface area contributed by atoms with Crippen molar-refractivity contribution in [2.24, 2.45) is 0 Å². The number of carbonyl (C=O) groups excluding carboxylic acids is 1. The summed E-state index contributed by atoms with van der Waals surface area (Å²) in [4.78, 5) is 23.2. The van der Waals surface area contributed by atoms with E-state index in [0.717, 1.165) is 12.1 Å². The minimum absolute atomic E-state index is 0.0515. The van der Waals surface area contributed by atoms with Crippen molar-refractivity contribution in [1.82, 2.24) is 14.9 Å². The fourth-order valence-electron chi connectivity index (χ4n) is 4.31. The van der Waals surface area contributed by atoms with E-state index in [1.807, 2.05) is 11.9 Å². The molecule has 0 radical (unpaired) electrons. The fourth-order valence-corrected chi connectivity index (χ4v) is 4.55. The van der Waals surface area contributed by atoms with E-state index in [4.69, 9.17) is 16.3 Å². The Balaban J connectivity index is 1.28. The zero-order valence-corrected chi connectivity index (χ0v) is 21.3. The number of hydrogen-bond acceptors (Lipinski definition) is 5. The lowest BCUT2D eigenvalue weighted by atomic mass is 10.1. The summed E-state index contributed by atoms with van der Waals surface area (Å²) in [5.41, 5.74) is -0.577. The summed E-state index contributed by atoms with van der Waals surface area (Å²) in [6.45, 7) is 2.19. The number of benzene rings is 2. The maximum absolute atomic E-state index is 14.8. The van der Waals surface area contributed by atoms with Crippen LogP contribution in [0.15, 0.2) is 54.9 Å². The Labute approximate surface area is 225 Å². The van der Waals surface area contributed by atoms with E-state index in [9.17, 15) is 22.4 Å². The van der Waals surface area contributed by atoms with Crippen LogP contribution < -0.4 is 20.3 Å². The van der Waals surface area contributed by atoms with Gasteiger partial charge >= 0.3 is 12.2 Å². The van der Waals surface area contributed by atoms with Crippen molar-refractivity contribution in [1.29, 1.82) is 0 Å². The van der Waals surface area contributed by atoms with Crippen LogP contribution >= 0.6 is 11.6 Å². The SMILES string of the molecule is CN1CCN(c2ccc(NC(=O)Nc3ccc(Oc4ccnc5[nH]cc(Cl)c45)cc3F)cc2C(F)(F)F)CC1. The first kappa shape index (κ1) is 26.6. The van der Waals surface area contributed by atoms with Gasteiger partial charge in [0.05, 0.1) is 21.7 Å². The van der Waals surface area contributed by atoms with E-state index in [2.05, 4.69) is 20.6 Å². The number of pyridine rings is 1. The van der Waals surface area contributed by atoms with Gasteiger partial charge in [-0.05, 0) is 43.4 Å². The number of anilines is 3.